The number of rotatable bonds is 4. The van der Waals surface area contributed by atoms with Gasteiger partial charge < -0.3 is 10.5 Å². The van der Waals surface area contributed by atoms with Crippen LogP contribution in [0.3, 0.4) is 0 Å². The van der Waals surface area contributed by atoms with E-state index < -0.39 is 0 Å². The first kappa shape index (κ1) is 16.3. The molecular weight excluding hydrogens is 265 g/mol. The van der Waals surface area contributed by atoms with Crippen LogP contribution < -0.4 is 10.5 Å². The molecule has 0 amide bonds. The van der Waals surface area contributed by atoms with Crippen LogP contribution in [0, 0.1) is 23.1 Å². The molecule has 0 spiro atoms. The maximum atomic E-state index is 14.4. The molecular formula is C18H28FNO. The molecule has 1 fully saturated rings. The number of nitrogens with two attached hydrogens (primary N) is 1. The summed E-state index contributed by atoms with van der Waals surface area (Å²) in [5.41, 5.74) is 7.10. The first-order valence-electron chi connectivity index (χ1n) is 7.92. The Hall–Kier alpha value is -1.09. The minimum absolute atomic E-state index is 0.00718. The third kappa shape index (κ3) is 3.57. The van der Waals surface area contributed by atoms with Gasteiger partial charge in [-0.3, -0.25) is 0 Å². The van der Waals surface area contributed by atoms with Crippen LogP contribution in [0.5, 0.6) is 5.75 Å². The molecule has 0 aliphatic heterocycles. The van der Waals surface area contributed by atoms with E-state index >= 15 is 0 Å². The van der Waals surface area contributed by atoms with Crippen LogP contribution >= 0.6 is 0 Å². The summed E-state index contributed by atoms with van der Waals surface area (Å²) in [5, 5.41) is 0. The summed E-state index contributed by atoms with van der Waals surface area (Å²) < 4.78 is 19.5. The third-order valence-corrected chi connectivity index (χ3v) is 5.07. The summed E-state index contributed by atoms with van der Waals surface area (Å²) in [6, 6.07) is 5.60. The standard InChI is InChI=1S/C18H28FNO/c1-12-8-9-14(15(20)10-12)18(2,3)11-13-6-5-7-16(21-4)17(13)19/h5-7,12,14-15H,8-11,20H2,1-4H3. The van der Waals surface area contributed by atoms with Crippen molar-refractivity contribution in [2.24, 2.45) is 23.0 Å². The number of methoxy groups -OCH3 is 1. The van der Waals surface area contributed by atoms with Gasteiger partial charge in [0.15, 0.2) is 11.6 Å². The number of benzene rings is 1. The zero-order valence-corrected chi connectivity index (χ0v) is 13.7. The Bertz CT molecular complexity index is 486. The highest BCUT2D eigenvalue weighted by atomic mass is 19.1. The maximum absolute atomic E-state index is 14.4. The third-order valence-electron chi connectivity index (χ3n) is 5.07. The van der Waals surface area contributed by atoms with Crippen molar-refractivity contribution in [1.82, 2.24) is 0 Å². The van der Waals surface area contributed by atoms with Crippen molar-refractivity contribution < 1.29 is 9.13 Å². The number of hydrogen-bond acceptors (Lipinski definition) is 2. The van der Waals surface area contributed by atoms with Gasteiger partial charge in [0.1, 0.15) is 0 Å². The fourth-order valence-corrected chi connectivity index (χ4v) is 3.87. The highest BCUT2D eigenvalue weighted by molar-refractivity contribution is 5.31. The molecule has 2 rings (SSSR count). The smallest absolute Gasteiger partial charge is 0.168 e. The minimum atomic E-state index is -0.231. The lowest BCUT2D eigenvalue weighted by Crippen LogP contribution is -2.44. The van der Waals surface area contributed by atoms with E-state index in [4.69, 9.17) is 10.5 Å². The van der Waals surface area contributed by atoms with Gasteiger partial charge >= 0.3 is 0 Å². The lowest BCUT2D eigenvalue weighted by atomic mass is 9.64. The number of halogens is 1. The number of hydrogen-bond donors (Lipinski definition) is 1. The molecule has 3 unspecified atom stereocenters. The SMILES string of the molecule is COc1cccc(CC(C)(C)C2CCC(C)CC2N)c1F. The Morgan fingerprint density at radius 2 is 2.05 bits per heavy atom. The highest BCUT2D eigenvalue weighted by Crippen LogP contribution is 2.42. The van der Waals surface area contributed by atoms with Crippen molar-refractivity contribution in [2.45, 2.75) is 52.5 Å². The van der Waals surface area contributed by atoms with E-state index in [9.17, 15) is 4.39 Å². The molecule has 3 atom stereocenters. The van der Waals surface area contributed by atoms with Gasteiger partial charge in [-0.15, -0.1) is 0 Å². The molecule has 118 valence electrons. The minimum Gasteiger partial charge on any atom is -0.494 e. The van der Waals surface area contributed by atoms with Crippen molar-refractivity contribution in [2.75, 3.05) is 7.11 Å². The fraction of sp³-hybridized carbons (Fsp3) is 0.667. The van der Waals surface area contributed by atoms with E-state index in [0.29, 0.717) is 24.0 Å². The summed E-state index contributed by atoms with van der Waals surface area (Å²) in [6.07, 6.45) is 4.14. The molecule has 0 heterocycles. The summed E-state index contributed by atoms with van der Waals surface area (Å²) in [6.45, 7) is 6.70. The highest BCUT2D eigenvalue weighted by Gasteiger charge is 2.37. The van der Waals surface area contributed by atoms with Gasteiger partial charge in [-0.2, -0.15) is 0 Å². The molecule has 3 heteroatoms. The Kier molecular flexibility index (Phi) is 4.92. The van der Waals surface area contributed by atoms with Crippen molar-refractivity contribution in [3.8, 4) is 5.75 Å². The second kappa shape index (κ2) is 6.35. The monoisotopic (exact) mass is 293 g/mol. The van der Waals surface area contributed by atoms with Crippen LogP contribution in [0.4, 0.5) is 4.39 Å². The Morgan fingerprint density at radius 3 is 2.67 bits per heavy atom. The van der Waals surface area contributed by atoms with Crippen LogP contribution in [0.2, 0.25) is 0 Å². The van der Waals surface area contributed by atoms with Crippen LogP contribution in [-0.4, -0.2) is 13.2 Å². The van der Waals surface area contributed by atoms with Gasteiger partial charge in [-0.25, -0.2) is 4.39 Å². The van der Waals surface area contributed by atoms with Gasteiger partial charge in [-0.05, 0) is 48.1 Å². The van der Waals surface area contributed by atoms with Crippen molar-refractivity contribution in [3.63, 3.8) is 0 Å². The molecule has 1 aromatic rings. The molecule has 0 saturated heterocycles. The van der Waals surface area contributed by atoms with Crippen molar-refractivity contribution >= 4 is 0 Å². The lowest BCUT2D eigenvalue weighted by molar-refractivity contribution is 0.112. The maximum Gasteiger partial charge on any atom is 0.168 e. The molecule has 0 bridgehead atoms. The normalized spacial score (nSPS) is 26.7. The Morgan fingerprint density at radius 1 is 1.33 bits per heavy atom. The largest absolute Gasteiger partial charge is 0.494 e. The van der Waals surface area contributed by atoms with E-state index in [1.54, 1.807) is 6.07 Å². The zero-order valence-electron chi connectivity index (χ0n) is 13.7. The first-order valence-corrected chi connectivity index (χ1v) is 7.92. The average molecular weight is 293 g/mol. The van der Waals surface area contributed by atoms with E-state index in [0.717, 1.165) is 18.4 Å². The first-order chi connectivity index (χ1) is 9.85. The molecule has 21 heavy (non-hydrogen) atoms. The molecule has 0 radical (unpaired) electrons. The lowest BCUT2D eigenvalue weighted by Gasteiger charge is -2.43. The second-order valence-corrected chi connectivity index (χ2v) is 7.29. The van der Waals surface area contributed by atoms with Gasteiger partial charge in [0.2, 0.25) is 0 Å². The van der Waals surface area contributed by atoms with E-state index in [2.05, 4.69) is 20.8 Å². The summed E-state index contributed by atoms with van der Waals surface area (Å²) in [7, 11) is 1.51. The zero-order chi connectivity index (χ0) is 15.6. The predicted octanol–water partition coefficient (Wildman–Crippen LogP) is 4.17. The van der Waals surface area contributed by atoms with Crippen LogP contribution in [0.25, 0.3) is 0 Å². The molecule has 2 nitrogen and oxygen atoms in total. The Labute approximate surface area is 127 Å². The average Bonchev–Trinajstić information content (AvgIpc) is 2.40. The van der Waals surface area contributed by atoms with Gasteiger partial charge in [0.05, 0.1) is 7.11 Å². The van der Waals surface area contributed by atoms with Gasteiger partial charge in [0.25, 0.3) is 0 Å². The van der Waals surface area contributed by atoms with Crippen LogP contribution in [-0.2, 0) is 6.42 Å². The summed E-state index contributed by atoms with van der Waals surface area (Å²) in [5.74, 6) is 1.25. The summed E-state index contributed by atoms with van der Waals surface area (Å²) in [4.78, 5) is 0. The molecule has 1 saturated carbocycles. The molecule has 1 aromatic carbocycles. The van der Waals surface area contributed by atoms with Gasteiger partial charge in [-0.1, -0.05) is 39.3 Å². The topological polar surface area (TPSA) is 35.2 Å². The molecule has 1 aliphatic carbocycles. The molecule has 2 N–H and O–H groups in total. The second-order valence-electron chi connectivity index (χ2n) is 7.29. The quantitative estimate of drug-likeness (QED) is 0.904. The van der Waals surface area contributed by atoms with Crippen LogP contribution in [0.15, 0.2) is 18.2 Å². The predicted molar refractivity (Wildman–Crippen MR) is 84.9 cm³/mol. The van der Waals surface area contributed by atoms with E-state index in [1.807, 2.05) is 12.1 Å². The molecule has 0 aromatic heterocycles. The van der Waals surface area contributed by atoms with Crippen molar-refractivity contribution in [3.05, 3.63) is 29.6 Å². The van der Waals surface area contributed by atoms with E-state index in [-0.39, 0.29) is 17.3 Å². The number of ether oxygens (including phenoxy) is 1. The van der Waals surface area contributed by atoms with Gasteiger partial charge in [0, 0.05) is 6.04 Å². The Balaban J connectivity index is 2.17. The van der Waals surface area contributed by atoms with Crippen molar-refractivity contribution in [1.29, 1.82) is 0 Å². The summed E-state index contributed by atoms with van der Waals surface area (Å²) >= 11 is 0. The van der Waals surface area contributed by atoms with Crippen LogP contribution in [0.1, 0.15) is 45.6 Å². The van der Waals surface area contributed by atoms with E-state index in [1.165, 1.54) is 13.5 Å². The fourth-order valence-electron chi connectivity index (χ4n) is 3.87. The molecule has 1 aliphatic rings.